The van der Waals surface area contributed by atoms with E-state index in [1.807, 2.05) is 60.7 Å². The Labute approximate surface area is 211 Å². The third kappa shape index (κ3) is 4.03. The molecule has 0 fully saturated rings. The molecule has 9 heteroatoms. The zero-order valence-corrected chi connectivity index (χ0v) is 20.0. The van der Waals surface area contributed by atoms with Crippen molar-refractivity contribution in [3.8, 4) is 11.5 Å². The first-order valence-corrected chi connectivity index (χ1v) is 12.5. The SMILES string of the molecule is NC1=CC[C@@H](NC(=O)c2sc3nccc4c3c2NC(=O)N4c2ccc(Oc3ccccc3)cc2)CC1. The number of benzene rings is 2. The van der Waals surface area contributed by atoms with Crippen LogP contribution in [0, 0.1) is 0 Å². The summed E-state index contributed by atoms with van der Waals surface area (Å²) in [4.78, 5) is 33.7. The Morgan fingerprint density at radius 2 is 1.89 bits per heavy atom. The molecule has 1 aliphatic carbocycles. The predicted octanol–water partition coefficient (Wildman–Crippen LogP) is 5.90. The number of amides is 3. The maximum absolute atomic E-state index is 13.3. The van der Waals surface area contributed by atoms with Crippen LogP contribution in [0.3, 0.4) is 0 Å². The van der Waals surface area contributed by atoms with Crippen molar-refractivity contribution in [2.24, 2.45) is 5.73 Å². The Morgan fingerprint density at radius 3 is 2.64 bits per heavy atom. The summed E-state index contributed by atoms with van der Waals surface area (Å²) < 4.78 is 5.88. The van der Waals surface area contributed by atoms with Crippen molar-refractivity contribution in [3.05, 3.63) is 83.5 Å². The largest absolute Gasteiger partial charge is 0.457 e. The van der Waals surface area contributed by atoms with Crippen molar-refractivity contribution >= 4 is 50.6 Å². The molecule has 0 saturated carbocycles. The first-order valence-electron chi connectivity index (χ1n) is 11.7. The molecule has 3 heterocycles. The second kappa shape index (κ2) is 9.01. The molecule has 4 N–H and O–H groups in total. The lowest BCUT2D eigenvalue weighted by Crippen LogP contribution is -2.37. The molecule has 36 heavy (non-hydrogen) atoms. The Hall–Kier alpha value is -4.37. The molecular weight excluding hydrogens is 474 g/mol. The lowest BCUT2D eigenvalue weighted by molar-refractivity contribution is 0.0939. The minimum absolute atomic E-state index is 0.0158. The quantitative estimate of drug-likeness (QED) is 0.318. The first-order chi connectivity index (χ1) is 17.6. The lowest BCUT2D eigenvalue weighted by atomic mass is 9.99. The summed E-state index contributed by atoms with van der Waals surface area (Å²) in [5, 5.41) is 6.77. The van der Waals surface area contributed by atoms with Crippen LogP contribution in [-0.2, 0) is 0 Å². The number of ether oxygens (including phenoxy) is 1. The van der Waals surface area contributed by atoms with Crippen LogP contribution in [-0.4, -0.2) is 23.0 Å². The molecule has 0 radical (unpaired) electrons. The number of nitrogens with two attached hydrogens (primary N) is 1. The van der Waals surface area contributed by atoms with E-state index < -0.39 is 0 Å². The van der Waals surface area contributed by atoms with Gasteiger partial charge in [0.05, 0.1) is 22.4 Å². The van der Waals surface area contributed by atoms with Crippen LogP contribution in [0.2, 0.25) is 0 Å². The molecule has 6 rings (SSSR count). The van der Waals surface area contributed by atoms with E-state index in [9.17, 15) is 9.59 Å². The molecule has 8 nitrogen and oxygen atoms in total. The highest BCUT2D eigenvalue weighted by molar-refractivity contribution is 7.21. The van der Waals surface area contributed by atoms with Gasteiger partial charge in [-0.05, 0) is 61.7 Å². The highest BCUT2D eigenvalue weighted by atomic mass is 32.1. The number of anilines is 3. The first kappa shape index (κ1) is 22.1. The lowest BCUT2D eigenvalue weighted by Gasteiger charge is -2.28. The van der Waals surface area contributed by atoms with Crippen molar-refractivity contribution in [1.29, 1.82) is 0 Å². The van der Waals surface area contributed by atoms with Crippen LogP contribution in [0.1, 0.15) is 28.9 Å². The highest BCUT2D eigenvalue weighted by Crippen LogP contribution is 2.46. The van der Waals surface area contributed by atoms with Crippen molar-refractivity contribution < 1.29 is 14.3 Å². The van der Waals surface area contributed by atoms with Gasteiger partial charge in [-0.15, -0.1) is 11.3 Å². The van der Waals surface area contributed by atoms with Crippen LogP contribution in [0.15, 0.2) is 78.6 Å². The average Bonchev–Trinajstić information content (AvgIpc) is 3.26. The molecule has 4 aromatic rings. The molecule has 2 aromatic carbocycles. The van der Waals surface area contributed by atoms with E-state index in [4.69, 9.17) is 10.5 Å². The van der Waals surface area contributed by atoms with E-state index in [2.05, 4.69) is 15.6 Å². The molecule has 3 amide bonds. The zero-order chi connectivity index (χ0) is 24.6. The molecule has 0 spiro atoms. The van der Waals surface area contributed by atoms with E-state index in [0.717, 1.165) is 29.7 Å². The molecule has 0 unspecified atom stereocenters. The standard InChI is InChI=1S/C27H23N5O3S/c28-16-6-8-17(9-7-16)30-25(33)24-23-22-21(14-15-29-26(22)36-24)32(27(34)31-23)18-10-12-20(13-11-18)35-19-4-2-1-3-5-19/h1-6,10-15,17H,7-9,28H2,(H,30,33)(H,31,34)/t17-/m1/s1. The highest BCUT2D eigenvalue weighted by Gasteiger charge is 2.33. The predicted molar refractivity (Wildman–Crippen MR) is 141 cm³/mol. The summed E-state index contributed by atoms with van der Waals surface area (Å²) in [6, 6.07) is 18.3. The van der Waals surface area contributed by atoms with Gasteiger partial charge in [0.1, 0.15) is 21.2 Å². The van der Waals surface area contributed by atoms with Crippen LogP contribution in [0.25, 0.3) is 10.2 Å². The number of hydrogen-bond acceptors (Lipinski definition) is 6. The summed E-state index contributed by atoms with van der Waals surface area (Å²) >= 11 is 1.28. The fraction of sp³-hybridized carbons (Fsp3) is 0.148. The number of urea groups is 1. The molecule has 0 bridgehead atoms. The van der Waals surface area contributed by atoms with Gasteiger partial charge in [-0.3, -0.25) is 9.69 Å². The Bertz CT molecular complexity index is 1500. The second-order valence-corrected chi connectivity index (χ2v) is 9.71. The number of hydrogen-bond donors (Lipinski definition) is 3. The van der Waals surface area contributed by atoms with Crippen LogP contribution >= 0.6 is 11.3 Å². The molecule has 1 aliphatic heterocycles. The number of nitrogens with one attached hydrogen (secondary N) is 2. The molecule has 180 valence electrons. The molecule has 2 aliphatic rings. The average molecular weight is 498 g/mol. The number of carbonyl (C=O) groups is 2. The van der Waals surface area contributed by atoms with Gasteiger partial charge >= 0.3 is 6.03 Å². The van der Waals surface area contributed by atoms with E-state index in [-0.39, 0.29) is 18.0 Å². The van der Waals surface area contributed by atoms with E-state index in [1.54, 1.807) is 17.2 Å². The number of carbonyl (C=O) groups excluding carboxylic acids is 2. The third-order valence-electron chi connectivity index (χ3n) is 6.31. The Morgan fingerprint density at radius 1 is 1.11 bits per heavy atom. The maximum Gasteiger partial charge on any atom is 0.331 e. The monoisotopic (exact) mass is 497 g/mol. The fourth-order valence-electron chi connectivity index (χ4n) is 4.53. The summed E-state index contributed by atoms with van der Waals surface area (Å²) in [7, 11) is 0. The van der Waals surface area contributed by atoms with Crippen LogP contribution < -0.4 is 26.0 Å². The van der Waals surface area contributed by atoms with Gasteiger partial charge in [0.25, 0.3) is 5.91 Å². The minimum Gasteiger partial charge on any atom is -0.457 e. The van der Waals surface area contributed by atoms with Crippen LogP contribution in [0.4, 0.5) is 21.9 Å². The number of rotatable bonds is 5. The second-order valence-electron chi connectivity index (χ2n) is 8.71. The van der Waals surface area contributed by atoms with Crippen molar-refractivity contribution in [3.63, 3.8) is 0 Å². The third-order valence-corrected chi connectivity index (χ3v) is 7.40. The normalized spacial score (nSPS) is 16.9. The van der Waals surface area contributed by atoms with Crippen molar-refractivity contribution in [2.45, 2.75) is 25.3 Å². The number of nitrogens with zero attached hydrogens (tertiary/aromatic N) is 2. The fourth-order valence-corrected chi connectivity index (χ4v) is 5.55. The smallest absolute Gasteiger partial charge is 0.331 e. The van der Waals surface area contributed by atoms with Crippen LogP contribution in [0.5, 0.6) is 11.5 Å². The van der Waals surface area contributed by atoms with E-state index in [0.29, 0.717) is 38.9 Å². The molecule has 2 aromatic heterocycles. The van der Waals surface area contributed by atoms with Gasteiger partial charge in [0, 0.05) is 17.9 Å². The van der Waals surface area contributed by atoms with Gasteiger partial charge in [0.2, 0.25) is 0 Å². The minimum atomic E-state index is -0.340. The maximum atomic E-state index is 13.3. The summed E-state index contributed by atoms with van der Waals surface area (Å²) in [6.07, 6.45) is 5.87. The summed E-state index contributed by atoms with van der Waals surface area (Å²) in [5.74, 6) is 1.18. The Balaban J connectivity index is 1.30. The van der Waals surface area contributed by atoms with Crippen molar-refractivity contribution in [1.82, 2.24) is 10.3 Å². The van der Waals surface area contributed by atoms with Gasteiger partial charge in [-0.1, -0.05) is 24.3 Å². The molecular formula is C27H23N5O3S. The summed E-state index contributed by atoms with van der Waals surface area (Å²) in [5.41, 5.74) is 8.58. The number of para-hydroxylation sites is 1. The van der Waals surface area contributed by atoms with Gasteiger partial charge in [-0.2, -0.15) is 0 Å². The topological polar surface area (TPSA) is 110 Å². The number of pyridine rings is 1. The van der Waals surface area contributed by atoms with Gasteiger partial charge in [0.15, 0.2) is 0 Å². The molecule has 1 atom stereocenters. The van der Waals surface area contributed by atoms with Gasteiger partial charge in [-0.25, -0.2) is 9.78 Å². The summed E-state index contributed by atoms with van der Waals surface area (Å²) in [6.45, 7) is 0. The zero-order valence-electron chi connectivity index (χ0n) is 19.2. The number of aromatic nitrogens is 1. The molecule has 0 saturated heterocycles. The van der Waals surface area contributed by atoms with Crippen molar-refractivity contribution in [2.75, 3.05) is 10.2 Å². The number of allylic oxidation sites excluding steroid dienone is 1. The number of thiophene rings is 1. The Kier molecular flexibility index (Phi) is 5.54. The van der Waals surface area contributed by atoms with E-state index >= 15 is 0 Å². The van der Waals surface area contributed by atoms with Gasteiger partial charge < -0.3 is 21.1 Å². The van der Waals surface area contributed by atoms with E-state index in [1.165, 1.54) is 11.3 Å².